The first kappa shape index (κ1) is 21.8. The van der Waals surface area contributed by atoms with Crippen molar-refractivity contribution in [3.8, 4) is 11.5 Å². The Morgan fingerprint density at radius 1 is 1.16 bits per heavy atom. The van der Waals surface area contributed by atoms with Gasteiger partial charge in [-0.1, -0.05) is 22.8 Å². The number of ether oxygens (including phenoxy) is 2. The van der Waals surface area contributed by atoms with Crippen molar-refractivity contribution in [3.63, 3.8) is 0 Å². The second-order valence-corrected chi connectivity index (χ2v) is 8.38. The Morgan fingerprint density at radius 3 is 2.62 bits per heavy atom. The molecule has 1 unspecified atom stereocenters. The molecule has 3 aromatic rings. The highest BCUT2D eigenvalue weighted by molar-refractivity contribution is 9.10. The summed E-state index contributed by atoms with van der Waals surface area (Å²) in [5.74, 6) is 1.28. The summed E-state index contributed by atoms with van der Waals surface area (Å²) in [6.07, 6.45) is 0. The highest BCUT2D eigenvalue weighted by atomic mass is 79.9. The van der Waals surface area contributed by atoms with Crippen LogP contribution in [0.1, 0.15) is 29.7 Å². The Labute approximate surface area is 193 Å². The molecule has 1 amide bonds. The fourth-order valence-corrected chi connectivity index (χ4v) is 4.48. The molecule has 0 spiro atoms. The molecular formula is C22H23BrN6O3. The lowest BCUT2D eigenvalue weighted by molar-refractivity contribution is -0.113. The maximum Gasteiger partial charge on any atom is 0.255 e. The minimum Gasteiger partial charge on any atom is -0.493 e. The van der Waals surface area contributed by atoms with Crippen LogP contribution in [0.25, 0.3) is 0 Å². The number of hydrogen-bond acceptors (Lipinski definition) is 7. The largest absolute Gasteiger partial charge is 0.493 e. The molecule has 166 valence electrons. The summed E-state index contributed by atoms with van der Waals surface area (Å²) in [6, 6.07) is 9.01. The van der Waals surface area contributed by atoms with Gasteiger partial charge in [0.25, 0.3) is 5.91 Å². The molecule has 10 heteroatoms. The van der Waals surface area contributed by atoms with E-state index < -0.39 is 6.04 Å². The van der Waals surface area contributed by atoms with E-state index in [4.69, 9.17) is 9.47 Å². The quantitative estimate of drug-likeness (QED) is 0.547. The Bertz CT molecular complexity index is 1240. The lowest BCUT2D eigenvalue weighted by Crippen LogP contribution is -2.31. The van der Waals surface area contributed by atoms with Crippen LogP contribution in [0, 0.1) is 13.8 Å². The molecule has 0 saturated carbocycles. The molecule has 0 bridgehead atoms. The van der Waals surface area contributed by atoms with E-state index in [0.29, 0.717) is 33.2 Å². The number of allylic oxidation sites excluding steroid dienone is 1. The number of nitrogens with one attached hydrogen (secondary N) is 2. The standard InChI is InChI=1S/C22H23BrN6O3/c1-11-6-7-16(12(2)8-11)25-21(30)18-13(3)24-22-26-27-28-29(22)19(18)14-9-15(23)20(32-5)17(10-14)31-4/h6-10,19H,1-5H3,(H,25,30)(H,24,26,28). The minimum absolute atomic E-state index is 0.251. The molecule has 9 nitrogen and oxygen atoms in total. The summed E-state index contributed by atoms with van der Waals surface area (Å²) in [6.45, 7) is 5.81. The number of carbonyl (C=O) groups is 1. The number of fused-ring (bicyclic) bond motifs is 1. The van der Waals surface area contributed by atoms with Gasteiger partial charge in [-0.15, -0.1) is 0 Å². The molecule has 1 aromatic heterocycles. The maximum atomic E-state index is 13.5. The summed E-state index contributed by atoms with van der Waals surface area (Å²) < 4.78 is 13.2. The van der Waals surface area contributed by atoms with Crippen LogP contribution in [0.2, 0.25) is 0 Å². The molecule has 0 saturated heterocycles. The van der Waals surface area contributed by atoms with Crippen LogP contribution < -0.4 is 20.1 Å². The van der Waals surface area contributed by atoms with Crippen molar-refractivity contribution < 1.29 is 14.3 Å². The van der Waals surface area contributed by atoms with Gasteiger partial charge >= 0.3 is 0 Å². The second kappa shape index (κ2) is 8.62. The van der Waals surface area contributed by atoms with Crippen molar-refractivity contribution in [2.24, 2.45) is 0 Å². The number of hydrogen-bond donors (Lipinski definition) is 2. The van der Waals surface area contributed by atoms with Crippen LogP contribution in [0.5, 0.6) is 11.5 Å². The number of benzene rings is 2. The van der Waals surface area contributed by atoms with Crippen LogP contribution in [0.3, 0.4) is 0 Å². The topological polar surface area (TPSA) is 103 Å². The number of aryl methyl sites for hydroxylation is 2. The first-order valence-electron chi connectivity index (χ1n) is 9.89. The van der Waals surface area contributed by atoms with Crippen molar-refractivity contribution in [2.45, 2.75) is 26.8 Å². The maximum absolute atomic E-state index is 13.5. The summed E-state index contributed by atoms with van der Waals surface area (Å²) in [7, 11) is 3.13. The number of halogens is 1. The number of rotatable bonds is 5. The van der Waals surface area contributed by atoms with Gasteiger partial charge in [0, 0.05) is 11.4 Å². The minimum atomic E-state index is -0.580. The summed E-state index contributed by atoms with van der Waals surface area (Å²) in [5, 5.41) is 18.1. The Balaban J connectivity index is 1.82. The van der Waals surface area contributed by atoms with E-state index in [1.165, 1.54) is 0 Å². The molecule has 2 N–H and O–H groups in total. The smallest absolute Gasteiger partial charge is 0.255 e. The van der Waals surface area contributed by atoms with Gasteiger partial charge in [0.05, 0.1) is 24.3 Å². The van der Waals surface area contributed by atoms with E-state index in [0.717, 1.165) is 22.4 Å². The zero-order valence-corrected chi connectivity index (χ0v) is 19.9. The molecule has 2 heterocycles. The van der Waals surface area contributed by atoms with E-state index in [9.17, 15) is 4.79 Å². The van der Waals surface area contributed by atoms with E-state index in [-0.39, 0.29) is 5.91 Å². The van der Waals surface area contributed by atoms with Crippen LogP contribution in [0.4, 0.5) is 11.6 Å². The molecule has 0 radical (unpaired) electrons. The molecule has 1 aliphatic rings. The molecule has 1 atom stereocenters. The second-order valence-electron chi connectivity index (χ2n) is 7.52. The average molecular weight is 499 g/mol. The number of anilines is 2. The number of tetrazole rings is 1. The van der Waals surface area contributed by atoms with Crippen molar-refractivity contribution in [1.29, 1.82) is 0 Å². The number of methoxy groups -OCH3 is 2. The zero-order valence-electron chi connectivity index (χ0n) is 18.4. The van der Waals surface area contributed by atoms with Gasteiger partial charge in [0.15, 0.2) is 11.5 Å². The summed E-state index contributed by atoms with van der Waals surface area (Å²) in [4.78, 5) is 13.5. The zero-order chi connectivity index (χ0) is 23.0. The van der Waals surface area contributed by atoms with E-state index in [1.54, 1.807) is 18.9 Å². The van der Waals surface area contributed by atoms with Crippen LogP contribution in [-0.2, 0) is 4.79 Å². The SMILES string of the molecule is COc1cc(C2C(C(=O)Nc3ccc(C)cc3C)=C(C)Nc3nnnn32)cc(Br)c1OC. The third-order valence-corrected chi connectivity index (χ3v) is 5.95. The molecular weight excluding hydrogens is 476 g/mol. The number of carbonyl (C=O) groups excluding carboxylic acids is 1. The monoisotopic (exact) mass is 498 g/mol. The van der Waals surface area contributed by atoms with Crippen LogP contribution >= 0.6 is 15.9 Å². The fraction of sp³-hybridized carbons (Fsp3) is 0.273. The third-order valence-electron chi connectivity index (χ3n) is 5.36. The Hall–Kier alpha value is -3.40. The number of amides is 1. The van der Waals surface area contributed by atoms with Gasteiger partial charge < -0.3 is 20.1 Å². The van der Waals surface area contributed by atoms with Gasteiger partial charge in [-0.25, -0.2) is 0 Å². The highest BCUT2D eigenvalue weighted by Gasteiger charge is 2.35. The van der Waals surface area contributed by atoms with Crippen molar-refractivity contribution >= 4 is 33.5 Å². The van der Waals surface area contributed by atoms with Crippen molar-refractivity contribution in [3.05, 3.63) is 62.8 Å². The van der Waals surface area contributed by atoms with Crippen LogP contribution in [-0.4, -0.2) is 40.3 Å². The number of aromatic nitrogens is 4. The van der Waals surface area contributed by atoms with E-state index in [1.807, 2.05) is 51.1 Å². The lowest BCUT2D eigenvalue weighted by Gasteiger charge is -2.28. The van der Waals surface area contributed by atoms with Crippen molar-refractivity contribution in [1.82, 2.24) is 20.2 Å². The molecule has 32 heavy (non-hydrogen) atoms. The predicted molar refractivity (Wildman–Crippen MR) is 124 cm³/mol. The first-order chi connectivity index (χ1) is 15.3. The molecule has 2 aromatic carbocycles. The van der Waals surface area contributed by atoms with Gasteiger partial charge in [0.1, 0.15) is 6.04 Å². The number of nitrogens with zero attached hydrogens (tertiary/aromatic N) is 4. The molecule has 1 aliphatic heterocycles. The van der Waals surface area contributed by atoms with Crippen molar-refractivity contribution in [2.75, 3.05) is 24.9 Å². The lowest BCUT2D eigenvalue weighted by atomic mass is 9.94. The van der Waals surface area contributed by atoms with Gasteiger partial charge in [-0.05, 0) is 76.5 Å². The Kier molecular flexibility index (Phi) is 5.88. The normalized spacial score (nSPS) is 15.1. The Morgan fingerprint density at radius 2 is 1.94 bits per heavy atom. The van der Waals surface area contributed by atoms with Gasteiger partial charge in [0.2, 0.25) is 5.95 Å². The molecule has 0 aliphatic carbocycles. The third kappa shape index (κ3) is 3.81. The van der Waals surface area contributed by atoms with E-state index in [2.05, 4.69) is 42.1 Å². The molecule has 4 rings (SSSR count). The molecule has 0 fully saturated rings. The van der Waals surface area contributed by atoms with E-state index >= 15 is 0 Å². The highest BCUT2D eigenvalue weighted by Crippen LogP contribution is 2.42. The summed E-state index contributed by atoms with van der Waals surface area (Å²) in [5.41, 5.74) is 4.76. The average Bonchev–Trinajstić information content (AvgIpc) is 3.21. The predicted octanol–water partition coefficient (Wildman–Crippen LogP) is 4.00. The van der Waals surface area contributed by atoms with Gasteiger partial charge in [-0.3, -0.25) is 4.79 Å². The fourth-order valence-electron chi connectivity index (χ4n) is 3.85. The van der Waals surface area contributed by atoms with Gasteiger partial charge in [-0.2, -0.15) is 4.68 Å². The first-order valence-corrected chi connectivity index (χ1v) is 10.7. The summed E-state index contributed by atoms with van der Waals surface area (Å²) >= 11 is 3.54. The van der Waals surface area contributed by atoms with Crippen LogP contribution in [0.15, 0.2) is 46.1 Å².